The monoisotopic (exact) mass is 346 g/mol. The normalized spacial score (nSPS) is 11.2. The number of fused-ring (bicyclic) bond motifs is 1. The standard InChI is InChI=1S/C20H18N4O2/c1-14(13-19(25)22-18-11-4-5-12-21-18)23-24-20(26)17-10-6-8-15-7-2-3-9-16(15)17/h2-12H,13H2,1H3,(H,24,26)(H,21,22,25)/b23-14+. The van der Waals surface area contributed by atoms with Crippen molar-refractivity contribution in [3.05, 3.63) is 72.4 Å². The maximum atomic E-state index is 12.4. The summed E-state index contributed by atoms with van der Waals surface area (Å²) in [5.41, 5.74) is 3.55. The molecule has 3 rings (SSSR count). The molecule has 0 saturated carbocycles. The number of nitrogens with one attached hydrogen (secondary N) is 2. The van der Waals surface area contributed by atoms with Crippen molar-refractivity contribution in [3.8, 4) is 0 Å². The van der Waals surface area contributed by atoms with Crippen molar-refractivity contribution in [2.45, 2.75) is 13.3 Å². The van der Waals surface area contributed by atoms with Crippen molar-refractivity contribution in [3.63, 3.8) is 0 Å². The molecule has 0 aliphatic heterocycles. The third-order valence-electron chi connectivity index (χ3n) is 3.73. The molecule has 0 spiro atoms. The smallest absolute Gasteiger partial charge is 0.271 e. The Bertz CT molecular complexity index is 962. The van der Waals surface area contributed by atoms with Gasteiger partial charge in [0.2, 0.25) is 5.91 Å². The first-order chi connectivity index (χ1) is 12.6. The van der Waals surface area contributed by atoms with E-state index in [1.54, 1.807) is 37.4 Å². The fraction of sp³-hybridized carbons (Fsp3) is 0.100. The third-order valence-corrected chi connectivity index (χ3v) is 3.73. The molecule has 0 saturated heterocycles. The van der Waals surface area contributed by atoms with E-state index in [0.29, 0.717) is 17.1 Å². The molecule has 0 radical (unpaired) electrons. The average molecular weight is 346 g/mol. The summed E-state index contributed by atoms with van der Waals surface area (Å²) in [7, 11) is 0. The number of hydrogen-bond acceptors (Lipinski definition) is 4. The van der Waals surface area contributed by atoms with Gasteiger partial charge in [0.15, 0.2) is 0 Å². The van der Waals surface area contributed by atoms with Gasteiger partial charge in [-0.05, 0) is 35.9 Å². The van der Waals surface area contributed by atoms with Crippen LogP contribution in [0.5, 0.6) is 0 Å². The van der Waals surface area contributed by atoms with Crippen molar-refractivity contribution in [1.29, 1.82) is 0 Å². The van der Waals surface area contributed by atoms with Crippen LogP contribution in [0.1, 0.15) is 23.7 Å². The van der Waals surface area contributed by atoms with Gasteiger partial charge in [-0.3, -0.25) is 9.59 Å². The van der Waals surface area contributed by atoms with Crippen molar-refractivity contribution < 1.29 is 9.59 Å². The number of hydrogen-bond donors (Lipinski definition) is 2. The molecule has 1 aromatic heterocycles. The molecule has 0 aliphatic rings. The highest BCUT2D eigenvalue weighted by atomic mass is 16.2. The van der Waals surface area contributed by atoms with Crippen LogP contribution >= 0.6 is 0 Å². The van der Waals surface area contributed by atoms with E-state index in [2.05, 4.69) is 20.8 Å². The molecule has 2 N–H and O–H groups in total. The predicted molar refractivity (Wildman–Crippen MR) is 102 cm³/mol. The minimum atomic E-state index is -0.314. The van der Waals surface area contributed by atoms with Crippen LogP contribution < -0.4 is 10.7 Å². The van der Waals surface area contributed by atoms with Gasteiger partial charge >= 0.3 is 0 Å². The minimum absolute atomic E-state index is 0.0619. The van der Waals surface area contributed by atoms with Crippen molar-refractivity contribution >= 4 is 34.1 Å². The van der Waals surface area contributed by atoms with E-state index >= 15 is 0 Å². The highest BCUT2D eigenvalue weighted by Gasteiger charge is 2.10. The fourth-order valence-corrected chi connectivity index (χ4v) is 2.53. The van der Waals surface area contributed by atoms with Crippen LogP contribution in [0.25, 0.3) is 10.8 Å². The maximum Gasteiger partial charge on any atom is 0.271 e. The minimum Gasteiger partial charge on any atom is -0.310 e. The molecule has 26 heavy (non-hydrogen) atoms. The fourth-order valence-electron chi connectivity index (χ4n) is 2.53. The Morgan fingerprint density at radius 3 is 2.58 bits per heavy atom. The quantitative estimate of drug-likeness (QED) is 0.549. The van der Waals surface area contributed by atoms with Crippen LogP contribution in [0, 0.1) is 0 Å². The third kappa shape index (κ3) is 4.30. The number of aromatic nitrogens is 1. The highest BCUT2D eigenvalue weighted by molar-refractivity contribution is 6.08. The first-order valence-electron chi connectivity index (χ1n) is 8.15. The first kappa shape index (κ1) is 17.3. The van der Waals surface area contributed by atoms with Crippen LogP contribution in [-0.2, 0) is 4.79 Å². The number of pyridine rings is 1. The molecule has 0 unspecified atom stereocenters. The van der Waals surface area contributed by atoms with E-state index < -0.39 is 0 Å². The molecule has 6 heteroatoms. The van der Waals surface area contributed by atoms with Crippen LogP contribution in [0.15, 0.2) is 72.0 Å². The summed E-state index contributed by atoms with van der Waals surface area (Å²) in [4.78, 5) is 28.4. The van der Waals surface area contributed by atoms with Gasteiger partial charge < -0.3 is 5.32 Å². The molecule has 0 aliphatic carbocycles. The number of nitrogens with zero attached hydrogens (tertiary/aromatic N) is 2. The van der Waals surface area contributed by atoms with Gasteiger partial charge in [0.25, 0.3) is 5.91 Å². The van der Waals surface area contributed by atoms with E-state index in [9.17, 15) is 9.59 Å². The molecule has 0 fully saturated rings. The van der Waals surface area contributed by atoms with E-state index in [-0.39, 0.29) is 18.2 Å². The Morgan fingerprint density at radius 2 is 1.77 bits per heavy atom. The number of benzene rings is 2. The molecule has 2 aromatic carbocycles. The largest absolute Gasteiger partial charge is 0.310 e. The summed E-state index contributed by atoms with van der Waals surface area (Å²) < 4.78 is 0. The van der Waals surface area contributed by atoms with Gasteiger partial charge in [-0.25, -0.2) is 10.4 Å². The molecule has 130 valence electrons. The van der Waals surface area contributed by atoms with E-state index in [1.165, 1.54) is 0 Å². The summed E-state index contributed by atoms with van der Waals surface area (Å²) in [5, 5.41) is 8.53. The highest BCUT2D eigenvalue weighted by Crippen LogP contribution is 2.18. The van der Waals surface area contributed by atoms with Gasteiger partial charge in [0.05, 0.1) is 6.42 Å². The number of anilines is 1. The summed E-state index contributed by atoms with van der Waals surface area (Å²) in [5.74, 6) is -0.0827. The zero-order chi connectivity index (χ0) is 18.4. The second-order valence-electron chi connectivity index (χ2n) is 5.75. The Kier molecular flexibility index (Phi) is 5.34. The predicted octanol–water partition coefficient (Wildman–Crippen LogP) is 3.37. The Hall–Kier alpha value is -3.54. The first-order valence-corrected chi connectivity index (χ1v) is 8.15. The van der Waals surface area contributed by atoms with E-state index in [0.717, 1.165) is 10.8 Å². The van der Waals surface area contributed by atoms with Gasteiger partial charge in [-0.1, -0.05) is 42.5 Å². The Balaban J connectivity index is 1.63. The van der Waals surface area contributed by atoms with Crippen LogP contribution in [0.2, 0.25) is 0 Å². The zero-order valence-corrected chi connectivity index (χ0v) is 14.3. The number of carbonyl (C=O) groups excluding carboxylic acids is 2. The molecule has 1 heterocycles. The molecule has 6 nitrogen and oxygen atoms in total. The van der Waals surface area contributed by atoms with Crippen molar-refractivity contribution in [1.82, 2.24) is 10.4 Å². The number of amides is 2. The molecule has 0 bridgehead atoms. The lowest BCUT2D eigenvalue weighted by atomic mass is 10.0. The lowest BCUT2D eigenvalue weighted by Crippen LogP contribution is -2.21. The Morgan fingerprint density at radius 1 is 1.00 bits per heavy atom. The molecule has 0 atom stereocenters. The number of hydrazone groups is 1. The maximum absolute atomic E-state index is 12.4. The molecular weight excluding hydrogens is 328 g/mol. The Labute approximate surface area is 151 Å². The molecule has 3 aromatic rings. The van der Waals surface area contributed by atoms with Gasteiger partial charge in [0, 0.05) is 17.5 Å². The lowest BCUT2D eigenvalue weighted by molar-refractivity contribution is -0.115. The second-order valence-corrected chi connectivity index (χ2v) is 5.75. The van der Waals surface area contributed by atoms with Crippen LogP contribution in [0.3, 0.4) is 0 Å². The number of carbonyl (C=O) groups is 2. The lowest BCUT2D eigenvalue weighted by Gasteiger charge is -2.06. The topological polar surface area (TPSA) is 83.4 Å². The van der Waals surface area contributed by atoms with Crippen molar-refractivity contribution in [2.75, 3.05) is 5.32 Å². The molecular formula is C20H18N4O2. The SMILES string of the molecule is C/C(CC(=O)Nc1ccccn1)=N\NC(=O)c1cccc2ccccc12. The van der Waals surface area contributed by atoms with Gasteiger partial charge in [0.1, 0.15) is 5.82 Å². The zero-order valence-electron chi connectivity index (χ0n) is 14.3. The summed E-state index contributed by atoms with van der Waals surface area (Å²) in [6, 6.07) is 18.4. The van der Waals surface area contributed by atoms with E-state index in [1.807, 2.05) is 36.4 Å². The molecule has 2 amide bonds. The summed E-state index contributed by atoms with van der Waals surface area (Å²) in [6.07, 6.45) is 1.66. The van der Waals surface area contributed by atoms with E-state index in [4.69, 9.17) is 0 Å². The summed E-state index contributed by atoms with van der Waals surface area (Å²) in [6.45, 7) is 1.68. The van der Waals surface area contributed by atoms with Gasteiger partial charge in [-0.15, -0.1) is 0 Å². The van der Waals surface area contributed by atoms with Crippen LogP contribution in [0.4, 0.5) is 5.82 Å². The summed E-state index contributed by atoms with van der Waals surface area (Å²) >= 11 is 0. The number of rotatable bonds is 5. The van der Waals surface area contributed by atoms with Crippen LogP contribution in [-0.4, -0.2) is 22.5 Å². The second kappa shape index (κ2) is 8.02. The van der Waals surface area contributed by atoms with Gasteiger partial charge in [-0.2, -0.15) is 5.10 Å². The van der Waals surface area contributed by atoms with Crippen molar-refractivity contribution in [2.24, 2.45) is 5.10 Å². The average Bonchev–Trinajstić information content (AvgIpc) is 2.66.